The molecule has 4 heteroatoms. The van der Waals surface area contributed by atoms with Crippen LogP contribution in [0.4, 0.5) is 0 Å². The van der Waals surface area contributed by atoms with Gasteiger partial charge in [-0.25, -0.2) is 0 Å². The lowest BCUT2D eigenvalue weighted by Gasteiger charge is -2.23. The lowest BCUT2D eigenvalue weighted by atomic mass is 10.1. The van der Waals surface area contributed by atoms with E-state index in [0.29, 0.717) is 13.2 Å². The SMILES string of the molecule is CCNCc1ccc(OCCC(C)(C)OC)c(OCC)c1. The monoisotopic (exact) mass is 295 g/mol. The van der Waals surface area contributed by atoms with Crippen LogP contribution in [-0.2, 0) is 11.3 Å². The highest BCUT2D eigenvalue weighted by Gasteiger charge is 2.16. The van der Waals surface area contributed by atoms with Gasteiger partial charge in [0.15, 0.2) is 11.5 Å². The van der Waals surface area contributed by atoms with Crippen LogP contribution in [0.5, 0.6) is 11.5 Å². The molecule has 0 amide bonds. The molecule has 0 saturated heterocycles. The molecule has 0 heterocycles. The van der Waals surface area contributed by atoms with E-state index in [1.807, 2.05) is 19.1 Å². The Morgan fingerprint density at radius 2 is 1.86 bits per heavy atom. The lowest BCUT2D eigenvalue weighted by molar-refractivity contribution is 0.00521. The van der Waals surface area contributed by atoms with E-state index in [2.05, 4.69) is 32.2 Å². The molecule has 0 aromatic heterocycles. The third-order valence-corrected chi connectivity index (χ3v) is 3.40. The van der Waals surface area contributed by atoms with Gasteiger partial charge in [0.2, 0.25) is 0 Å². The molecule has 0 aliphatic heterocycles. The number of methoxy groups -OCH3 is 1. The average molecular weight is 295 g/mol. The van der Waals surface area contributed by atoms with Crippen molar-refractivity contribution >= 4 is 0 Å². The Bertz CT molecular complexity index is 418. The first kappa shape index (κ1) is 17.8. The predicted octanol–water partition coefficient (Wildman–Crippen LogP) is 3.39. The summed E-state index contributed by atoms with van der Waals surface area (Å²) in [6, 6.07) is 6.10. The van der Waals surface area contributed by atoms with Crippen LogP contribution in [0.1, 0.15) is 39.7 Å². The minimum Gasteiger partial charge on any atom is -0.490 e. The number of nitrogens with one attached hydrogen (secondary N) is 1. The Kier molecular flexibility index (Phi) is 7.54. The molecule has 1 N–H and O–H groups in total. The average Bonchev–Trinajstić information content (AvgIpc) is 2.47. The molecule has 0 spiro atoms. The van der Waals surface area contributed by atoms with E-state index in [0.717, 1.165) is 31.0 Å². The summed E-state index contributed by atoms with van der Waals surface area (Å²) in [7, 11) is 1.72. The van der Waals surface area contributed by atoms with Crippen LogP contribution in [-0.4, -0.2) is 32.5 Å². The van der Waals surface area contributed by atoms with Crippen molar-refractivity contribution in [3.63, 3.8) is 0 Å². The van der Waals surface area contributed by atoms with Crippen molar-refractivity contribution in [1.82, 2.24) is 5.32 Å². The summed E-state index contributed by atoms with van der Waals surface area (Å²) in [5, 5.41) is 3.31. The Labute approximate surface area is 128 Å². The van der Waals surface area contributed by atoms with Crippen molar-refractivity contribution in [1.29, 1.82) is 0 Å². The van der Waals surface area contributed by atoms with Crippen molar-refractivity contribution in [2.75, 3.05) is 26.9 Å². The van der Waals surface area contributed by atoms with E-state index < -0.39 is 0 Å². The third-order valence-electron chi connectivity index (χ3n) is 3.40. The zero-order valence-corrected chi connectivity index (χ0v) is 14.0. The van der Waals surface area contributed by atoms with E-state index in [4.69, 9.17) is 14.2 Å². The molecule has 0 radical (unpaired) electrons. The van der Waals surface area contributed by atoms with E-state index >= 15 is 0 Å². The molecule has 0 aliphatic rings. The standard InChI is InChI=1S/C17H29NO3/c1-6-18-13-14-8-9-15(16(12-14)20-7-2)21-11-10-17(3,4)19-5/h8-9,12,18H,6-7,10-11,13H2,1-5H3. The molecule has 1 aromatic rings. The maximum atomic E-state index is 5.86. The first-order chi connectivity index (χ1) is 10.0. The van der Waals surface area contributed by atoms with Crippen molar-refractivity contribution < 1.29 is 14.2 Å². The van der Waals surface area contributed by atoms with Gasteiger partial charge in [0.05, 0.1) is 18.8 Å². The zero-order chi connectivity index (χ0) is 15.7. The van der Waals surface area contributed by atoms with E-state index in [1.54, 1.807) is 7.11 Å². The summed E-state index contributed by atoms with van der Waals surface area (Å²) in [4.78, 5) is 0. The highest BCUT2D eigenvalue weighted by atomic mass is 16.5. The normalized spacial score (nSPS) is 11.5. The maximum absolute atomic E-state index is 5.86. The minimum absolute atomic E-state index is 0.170. The van der Waals surface area contributed by atoms with Crippen molar-refractivity contribution in [2.45, 2.75) is 46.3 Å². The third kappa shape index (κ3) is 6.36. The molecule has 4 nitrogen and oxygen atoms in total. The molecule has 0 saturated carbocycles. The number of benzene rings is 1. The van der Waals surface area contributed by atoms with Crippen molar-refractivity contribution in [3.05, 3.63) is 23.8 Å². The summed E-state index contributed by atoms with van der Waals surface area (Å²) in [6.07, 6.45) is 0.828. The second kappa shape index (κ2) is 8.90. The Morgan fingerprint density at radius 1 is 1.10 bits per heavy atom. The maximum Gasteiger partial charge on any atom is 0.161 e. The smallest absolute Gasteiger partial charge is 0.161 e. The first-order valence-electron chi connectivity index (χ1n) is 7.66. The van der Waals surface area contributed by atoms with Gasteiger partial charge in [-0.15, -0.1) is 0 Å². The number of ether oxygens (including phenoxy) is 3. The van der Waals surface area contributed by atoms with Gasteiger partial charge in [-0.1, -0.05) is 13.0 Å². The summed E-state index contributed by atoms with van der Waals surface area (Å²) in [5.74, 6) is 1.60. The molecular weight excluding hydrogens is 266 g/mol. The van der Waals surface area contributed by atoms with Gasteiger partial charge in [0.1, 0.15) is 0 Å². The quantitative estimate of drug-likeness (QED) is 0.718. The van der Waals surface area contributed by atoms with Gasteiger partial charge in [0, 0.05) is 20.1 Å². The Hall–Kier alpha value is -1.26. The molecule has 0 unspecified atom stereocenters. The Balaban J connectivity index is 2.67. The van der Waals surface area contributed by atoms with Crippen LogP contribution >= 0.6 is 0 Å². The minimum atomic E-state index is -0.170. The summed E-state index contributed by atoms with van der Waals surface area (Å²) >= 11 is 0. The Morgan fingerprint density at radius 3 is 2.48 bits per heavy atom. The molecule has 120 valence electrons. The van der Waals surface area contributed by atoms with E-state index in [9.17, 15) is 0 Å². The van der Waals surface area contributed by atoms with Gasteiger partial charge < -0.3 is 19.5 Å². The zero-order valence-electron chi connectivity index (χ0n) is 14.0. The molecular formula is C17H29NO3. The topological polar surface area (TPSA) is 39.7 Å². The molecule has 0 bridgehead atoms. The lowest BCUT2D eigenvalue weighted by Crippen LogP contribution is -2.25. The van der Waals surface area contributed by atoms with Gasteiger partial charge in [-0.3, -0.25) is 0 Å². The van der Waals surface area contributed by atoms with Crippen LogP contribution < -0.4 is 14.8 Å². The number of rotatable bonds is 10. The molecule has 21 heavy (non-hydrogen) atoms. The fourth-order valence-corrected chi connectivity index (χ4v) is 1.83. The van der Waals surface area contributed by atoms with Gasteiger partial charge in [0.25, 0.3) is 0 Å². The molecule has 0 atom stereocenters. The van der Waals surface area contributed by atoms with Crippen molar-refractivity contribution in [2.24, 2.45) is 0 Å². The molecule has 0 aliphatic carbocycles. The van der Waals surface area contributed by atoms with Gasteiger partial charge in [-0.05, 0) is 45.0 Å². The van der Waals surface area contributed by atoms with Crippen LogP contribution in [0, 0.1) is 0 Å². The molecule has 1 rings (SSSR count). The predicted molar refractivity (Wildman–Crippen MR) is 86.2 cm³/mol. The second-order valence-electron chi connectivity index (χ2n) is 5.56. The van der Waals surface area contributed by atoms with Crippen LogP contribution in [0.25, 0.3) is 0 Å². The highest BCUT2D eigenvalue weighted by Crippen LogP contribution is 2.29. The van der Waals surface area contributed by atoms with Gasteiger partial charge in [-0.2, -0.15) is 0 Å². The number of hydrogen-bond donors (Lipinski definition) is 1. The van der Waals surface area contributed by atoms with Crippen molar-refractivity contribution in [3.8, 4) is 11.5 Å². The second-order valence-corrected chi connectivity index (χ2v) is 5.56. The van der Waals surface area contributed by atoms with Crippen LogP contribution in [0.2, 0.25) is 0 Å². The number of hydrogen-bond acceptors (Lipinski definition) is 4. The van der Waals surface area contributed by atoms with E-state index in [-0.39, 0.29) is 5.60 Å². The molecule has 1 aromatic carbocycles. The van der Waals surface area contributed by atoms with Gasteiger partial charge >= 0.3 is 0 Å². The molecule has 0 fully saturated rings. The fraction of sp³-hybridized carbons (Fsp3) is 0.647. The first-order valence-corrected chi connectivity index (χ1v) is 7.66. The van der Waals surface area contributed by atoms with Crippen LogP contribution in [0.15, 0.2) is 18.2 Å². The summed E-state index contributed by atoms with van der Waals surface area (Å²) < 4.78 is 16.9. The summed E-state index contributed by atoms with van der Waals surface area (Å²) in [5.41, 5.74) is 1.03. The fourth-order valence-electron chi connectivity index (χ4n) is 1.83. The highest BCUT2D eigenvalue weighted by molar-refractivity contribution is 5.43. The van der Waals surface area contributed by atoms with Crippen LogP contribution in [0.3, 0.4) is 0 Å². The largest absolute Gasteiger partial charge is 0.490 e. The summed E-state index contributed by atoms with van der Waals surface area (Å²) in [6.45, 7) is 11.2. The van der Waals surface area contributed by atoms with E-state index in [1.165, 1.54) is 5.56 Å².